The molecule has 114 valence electrons. The lowest BCUT2D eigenvalue weighted by atomic mass is 10.1. The predicted molar refractivity (Wildman–Crippen MR) is 85.3 cm³/mol. The molecule has 1 heterocycles. The third kappa shape index (κ3) is 4.52. The number of allylic oxidation sites excluding steroid dienone is 1. The quantitative estimate of drug-likeness (QED) is 0.669. The Kier molecular flexibility index (Phi) is 5.67. The van der Waals surface area contributed by atoms with Crippen molar-refractivity contribution in [2.75, 3.05) is 25.4 Å². The molecule has 2 rings (SSSR count). The highest BCUT2D eigenvalue weighted by atomic mass is 16.5. The van der Waals surface area contributed by atoms with Gasteiger partial charge >= 0.3 is 0 Å². The van der Waals surface area contributed by atoms with Gasteiger partial charge in [-0.2, -0.15) is 0 Å². The maximum atomic E-state index is 12.2. The molecule has 0 radical (unpaired) electrons. The smallest absolute Gasteiger partial charge is 0.260 e. The molecule has 4 heteroatoms. The summed E-state index contributed by atoms with van der Waals surface area (Å²) in [4.78, 5) is 14.1. The van der Waals surface area contributed by atoms with E-state index in [4.69, 9.17) is 10.5 Å². The number of nitrogens with two attached hydrogens (primary N) is 1. The summed E-state index contributed by atoms with van der Waals surface area (Å²) in [6.07, 6.45) is 7.10. The molecule has 0 saturated carbocycles. The number of nitrogens with zero attached hydrogens (tertiary/aromatic N) is 1. The van der Waals surface area contributed by atoms with E-state index < -0.39 is 0 Å². The van der Waals surface area contributed by atoms with Crippen molar-refractivity contribution in [2.24, 2.45) is 0 Å². The minimum absolute atomic E-state index is 0.0679. The highest BCUT2D eigenvalue weighted by molar-refractivity contribution is 5.77. The van der Waals surface area contributed by atoms with Gasteiger partial charge in [0.2, 0.25) is 0 Å². The van der Waals surface area contributed by atoms with Gasteiger partial charge in [-0.25, -0.2) is 0 Å². The number of hydrogen-bond acceptors (Lipinski definition) is 3. The Hall–Kier alpha value is -1.97. The second-order valence-corrected chi connectivity index (χ2v) is 5.44. The Labute approximate surface area is 126 Å². The van der Waals surface area contributed by atoms with Crippen LogP contribution in [0.1, 0.15) is 31.2 Å². The number of benzene rings is 1. The number of rotatable bonds is 5. The molecule has 2 N–H and O–H groups in total. The molecule has 1 saturated heterocycles. The molecule has 0 atom stereocenters. The van der Waals surface area contributed by atoms with Crippen LogP contribution in [0.15, 0.2) is 30.9 Å². The van der Waals surface area contributed by atoms with Crippen molar-refractivity contribution >= 4 is 11.6 Å². The van der Waals surface area contributed by atoms with Gasteiger partial charge in [0.15, 0.2) is 6.61 Å². The van der Waals surface area contributed by atoms with Crippen LogP contribution in [-0.4, -0.2) is 30.5 Å². The molecule has 1 aromatic carbocycles. The summed E-state index contributed by atoms with van der Waals surface area (Å²) >= 11 is 0. The zero-order valence-corrected chi connectivity index (χ0v) is 12.5. The first-order valence-corrected chi connectivity index (χ1v) is 7.60. The monoisotopic (exact) mass is 288 g/mol. The highest BCUT2D eigenvalue weighted by Gasteiger charge is 2.16. The first-order valence-electron chi connectivity index (χ1n) is 7.60. The summed E-state index contributed by atoms with van der Waals surface area (Å²) in [5.74, 6) is 0.783. The number of anilines is 1. The Morgan fingerprint density at radius 3 is 2.67 bits per heavy atom. The van der Waals surface area contributed by atoms with Crippen LogP contribution in [0.5, 0.6) is 5.75 Å². The topological polar surface area (TPSA) is 55.6 Å². The lowest BCUT2D eigenvalue weighted by Crippen LogP contribution is -2.35. The van der Waals surface area contributed by atoms with Gasteiger partial charge in [-0.15, -0.1) is 6.58 Å². The van der Waals surface area contributed by atoms with Crippen LogP contribution in [0.2, 0.25) is 0 Å². The van der Waals surface area contributed by atoms with Crippen LogP contribution in [0.4, 0.5) is 5.69 Å². The fourth-order valence-corrected chi connectivity index (χ4v) is 2.61. The Morgan fingerprint density at radius 1 is 1.29 bits per heavy atom. The molecule has 0 aromatic heterocycles. The molecule has 21 heavy (non-hydrogen) atoms. The molecule has 0 bridgehead atoms. The molecular formula is C17H24N2O2. The molecular weight excluding hydrogens is 264 g/mol. The minimum Gasteiger partial charge on any atom is -0.483 e. The third-order valence-electron chi connectivity index (χ3n) is 3.76. The Balaban J connectivity index is 1.95. The van der Waals surface area contributed by atoms with Crippen LogP contribution >= 0.6 is 0 Å². The highest BCUT2D eigenvalue weighted by Crippen LogP contribution is 2.22. The molecule has 0 aliphatic carbocycles. The van der Waals surface area contributed by atoms with Gasteiger partial charge in [-0.1, -0.05) is 18.9 Å². The molecule has 1 amide bonds. The number of carbonyl (C=O) groups excluding carboxylic acids is 1. The zero-order chi connectivity index (χ0) is 15.1. The first-order chi connectivity index (χ1) is 10.2. The largest absolute Gasteiger partial charge is 0.483 e. The average molecular weight is 288 g/mol. The molecule has 4 nitrogen and oxygen atoms in total. The molecule has 1 fully saturated rings. The number of likely N-dealkylation sites (tertiary alicyclic amines) is 1. The SMILES string of the molecule is C=CCc1cc(N)ccc1OCC(=O)N1CCCCCC1. The summed E-state index contributed by atoms with van der Waals surface area (Å²) in [6, 6.07) is 5.48. The van der Waals surface area contributed by atoms with E-state index in [1.165, 1.54) is 12.8 Å². The number of hydrogen-bond donors (Lipinski definition) is 1. The van der Waals surface area contributed by atoms with Gasteiger partial charge in [0, 0.05) is 18.8 Å². The molecule has 1 aliphatic heterocycles. The van der Waals surface area contributed by atoms with Gasteiger partial charge < -0.3 is 15.4 Å². The predicted octanol–water partition coefficient (Wildman–Crippen LogP) is 2.78. The van der Waals surface area contributed by atoms with E-state index in [0.29, 0.717) is 17.9 Å². The second-order valence-electron chi connectivity index (χ2n) is 5.44. The van der Waals surface area contributed by atoms with Gasteiger partial charge in [0.05, 0.1) is 0 Å². The van der Waals surface area contributed by atoms with Gasteiger partial charge in [-0.05, 0) is 43.0 Å². The number of nitrogen functional groups attached to an aromatic ring is 1. The number of carbonyl (C=O) groups is 1. The van der Waals surface area contributed by atoms with E-state index >= 15 is 0 Å². The summed E-state index contributed by atoms with van der Waals surface area (Å²) in [7, 11) is 0. The van der Waals surface area contributed by atoms with E-state index in [2.05, 4.69) is 6.58 Å². The molecule has 1 aliphatic rings. The normalized spacial score (nSPS) is 15.3. The van der Waals surface area contributed by atoms with E-state index in [0.717, 1.165) is 31.5 Å². The van der Waals surface area contributed by atoms with E-state index in [-0.39, 0.29) is 12.5 Å². The lowest BCUT2D eigenvalue weighted by Gasteiger charge is -2.20. The van der Waals surface area contributed by atoms with Gasteiger partial charge in [0.1, 0.15) is 5.75 Å². The molecule has 0 spiro atoms. The summed E-state index contributed by atoms with van der Waals surface area (Å²) in [5.41, 5.74) is 7.44. The van der Waals surface area contributed by atoms with Crippen molar-refractivity contribution in [3.8, 4) is 5.75 Å². The van der Waals surface area contributed by atoms with E-state index in [9.17, 15) is 4.79 Å². The maximum absolute atomic E-state index is 12.2. The zero-order valence-electron chi connectivity index (χ0n) is 12.5. The van der Waals surface area contributed by atoms with Crippen LogP contribution in [0, 0.1) is 0 Å². The maximum Gasteiger partial charge on any atom is 0.260 e. The van der Waals surface area contributed by atoms with Crippen LogP contribution in [0.25, 0.3) is 0 Å². The Bertz CT molecular complexity index is 492. The second kappa shape index (κ2) is 7.72. The minimum atomic E-state index is 0.0679. The van der Waals surface area contributed by atoms with Crippen LogP contribution in [-0.2, 0) is 11.2 Å². The fraction of sp³-hybridized carbons (Fsp3) is 0.471. The standard InChI is InChI=1S/C17H24N2O2/c1-2-7-14-12-15(18)8-9-16(14)21-13-17(20)19-10-5-3-4-6-11-19/h2,8-9,12H,1,3-7,10-11,13,18H2. The van der Waals surface area contributed by atoms with Crippen molar-refractivity contribution in [1.29, 1.82) is 0 Å². The average Bonchev–Trinajstić information content (AvgIpc) is 2.75. The first kappa shape index (κ1) is 15.4. The number of amides is 1. The van der Waals surface area contributed by atoms with Gasteiger partial charge in [0.25, 0.3) is 5.91 Å². The lowest BCUT2D eigenvalue weighted by molar-refractivity contribution is -0.133. The van der Waals surface area contributed by atoms with Crippen molar-refractivity contribution in [2.45, 2.75) is 32.1 Å². The Morgan fingerprint density at radius 2 is 2.00 bits per heavy atom. The van der Waals surface area contributed by atoms with Crippen molar-refractivity contribution in [3.05, 3.63) is 36.4 Å². The summed E-state index contributed by atoms with van der Waals surface area (Å²) in [6.45, 7) is 5.53. The van der Waals surface area contributed by atoms with Crippen LogP contribution < -0.4 is 10.5 Å². The van der Waals surface area contributed by atoms with Crippen molar-refractivity contribution < 1.29 is 9.53 Å². The third-order valence-corrected chi connectivity index (χ3v) is 3.76. The van der Waals surface area contributed by atoms with E-state index in [1.807, 2.05) is 17.0 Å². The molecule has 0 unspecified atom stereocenters. The van der Waals surface area contributed by atoms with Crippen molar-refractivity contribution in [1.82, 2.24) is 4.90 Å². The summed E-state index contributed by atoms with van der Waals surface area (Å²) in [5, 5.41) is 0. The molecule has 1 aromatic rings. The number of ether oxygens (including phenoxy) is 1. The van der Waals surface area contributed by atoms with Gasteiger partial charge in [-0.3, -0.25) is 4.79 Å². The fourth-order valence-electron chi connectivity index (χ4n) is 2.61. The van der Waals surface area contributed by atoms with Crippen LogP contribution in [0.3, 0.4) is 0 Å². The van der Waals surface area contributed by atoms with E-state index in [1.54, 1.807) is 12.1 Å². The van der Waals surface area contributed by atoms with Crippen molar-refractivity contribution in [3.63, 3.8) is 0 Å². The summed E-state index contributed by atoms with van der Waals surface area (Å²) < 4.78 is 5.71.